The quantitative estimate of drug-likeness (QED) is 0.918. The number of thiophene rings is 1. The normalized spacial score (nSPS) is 28.8. The largest absolute Gasteiger partial charge is 0.347 e. The molecule has 0 radical (unpaired) electrons. The van der Waals surface area contributed by atoms with Gasteiger partial charge in [0.2, 0.25) is 0 Å². The molecule has 0 spiro atoms. The number of fused-ring (bicyclic) bond motifs is 3. The van der Waals surface area contributed by atoms with Crippen LogP contribution >= 0.6 is 11.3 Å². The number of piperidine rings is 3. The molecule has 1 aromatic carbocycles. The van der Waals surface area contributed by atoms with Crippen LogP contribution in [0.5, 0.6) is 0 Å². The number of nitrogens with zero attached hydrogens (tertiary/aromatic N) is 1. The monoisotopic (exact) mass is 340 g/mol. The van der Waals surface area contributed by atoms with Gasteiger partial charge in [0.25, 0.3) is 5.91 Å². The highest BCUT2D eigenvalue weighted by Gasteiger charge is 2.40. The van der Waals surface area contributed by atoms with Gasteiger partial charge < -0.3 is 5.32 Å². The summed E-state index contributed by atoms with van der Waals surface area (Å²) in [6, 6.07) is 11.2. The Morgan fingerprint density at radius 3 is 2.75 bits per heavy atom. The molecule has 0 unspecified atom stereocenters. The molecule has 24 heavy (non-hydrogen) atoms. The summed E-state index contributed by atoms with van der Waals surface area (Å²) >= 11 is 1.54. The highest BCUT2D eigenvalue weighted by molar-refractivity contribution is 7.12. The summed E-state index contributed by atoms with van der Waals surface area (Å²) in [5, 5.41) is 5.38. The van der Waals surface area contributed by atoms with E-state index >= 15 is 0 Å². The van der Waals surface area contributed by atoms with Crippen molar-refractivity contribution < 1.29 is 4.79 Å². The molecule has 2 atom stereocenters. The zero-order valence-electron chi connectivity index (χ0n) is 14.3. The van der Waals surface area contributed by atoms with Gasteiger partial charge in [-0.2, -0.15) is 0 Å². The molecule has 0 aliphatic carbocycles. The van der Waals surface area contributed by atoms with E-state index in [9.17, 15) is 4.79 Å². The van der Waals surface area contributed by atoms with E-state index in [1.54, 1.807) is 11.3 Å². The van der Waals surface area contributed by atoms with Gasteiger partial charge in [-0.25, -0.2) is 0 Å². The van der Waals surface area contributed by atoms with Crippen molar-refractivity contribution in [2.75, 3.05) is 13.1 Å². The Bertz CT molecular complexity index is 744. The number of carbonyl (C=O) groups is 1. The number of carbonyl (C=O) groups excluding carboxylic acids is 1. The van der Waals surface area contributed by atoms with Crippen LogP contribution in [0.3, 0.4) is 0 Å². The highest BCUT2D eigenvalue weighted by atomic mass is 32.1. The van der Waals surface area contributed by atoms with E-state index in [1.807, 2.05) is 5.38 Å². The number of nitrogens with one attached hydrogen (secondary N) is 1. The number of amides is 1. The lowest BCUT2D eigenvalue weighted by molar-refractivity contribution is 0.0218. The average Bonchev–Trinajstić information content (AvgIpc) is 3.08. The van der Waals surface area contributed by atoms with Gasteiger partial charge in [0, 0.05) is 17.6 Å². The molecule has 3 aliphatic rings. The summed E-state index contributed by atoms with van der Waals surface area (Å²) in [5.74, 6) is 0.725. The van der Waals surface area contributed by atoms with Crippen molar-refractivity contribution >= 4 is 17.2 Å². The van der Waals surface area contributed by atoms with Crippen molar-refractivity contribution in [1.82, 2.24) is 10.2 Å². The maximum atomic E-state index is 13.0. The van der Waals surface area contributed by atoms with E-state index < -0.39 is 0 Å². The van der Waals surface area contributed by atoms with Gasteiger partial charge >= 0.3 is 0 Å². The highest BCUT2D eigenvalue weighted by Crippen LogP contribution is 2.33. The fourth-order valence-electron chi connectivity index (χ4n) is 4.29. The van der Waals surface area contributed by atoms with Gasteiger partial charge in [0.15, 0.2) is 0 Å². The first-order chi connectivity index (χ1) is 11.6. The van der Waals surface area contributed by atoms with Crippen molar-refractivity contribution in [3.63, 3.8) is 0 Å². The van der Waals surface area contributed by atoms with E-state index in [2.05, 4.69) is 54.4 Å². The fourth-order valence-corrected chi connectivity index (χ4v) is 5.11. The Labute approximate surface area is 147 Å². The van der Waals surface area contributed by atoms with Gasteiger partial charge in [-0.15, -0.1) is 11.3 Å². The zero-order valence-corrected chi connectivity index (χ0v) is 15.1. The van der Waals surface area contributed by atoms with Crippen molar-refractivity contribution in [2.24, 2.45) is 5.92 Å². The van der Waals surface area contributed by atoms with Crippen molar-refractivity contribution in [3.05, 3.63) is 46.2 Å². The van der Waals surface area contributed by atoms with Crippen LogP contribution in [-0.4, -0.2) is 36.0 Å². The summed E-state index contributed by atoms with van der Waals surface area (Å²) in [7, 11) is 0. The standard InChI is InChI=1S/C20H24N2OS/c1-13-4-3-5-16(12-13)17-8-11-24-19(17)20(23)21-18-14(2)22-9-6-15(18)7-10-22/h3-5,8,11-12,14-15,18H,6-7,9-10H2,1-2H3,(H,21,23)/t14-,18-/m0/s1. The molecule has 5 rings (SSSR count). The average molecular weight is 340 g/mol. The second-order valence-electron chi connectivity index (χ2n) is 7.15. The number of hydrogen-bond donors (Lipinski definition) is 1. The molecule has 2 aromatic rings. The lowest BCUT2D eigenvalue weighted by Crippen LogP contribution is -2.62. The summed E-state index contributed by atoms with van der Waals surface area (Å²) < 4.78 is 0. The first-order valence-electron chi connectivity index (χ1n) is 8.83. The third kappa shape index (κ3) is 2.78. The maximum Gasteiger partial charge on any atom is 0.262 e. The molecular weight excluding hydrogens is 316 g/mol. The number of benzene rings is 1. The van der Waals surface area contributed by atoms with E-state index in [4.69, 9.17) is 0 Å². The Hall–Kier alpha value is -1.65. The Morgan fingerprint density at radius 2 is 2.04 bits per heavy atom. The summed E-state index contributed by atoms with van der Waals surface area (Å²) in [5.41, 5.74) is 3.40. The smallest absolute Gasteiger partial charge is 0.262 e. The Balaban J connectivity index is 1.57. The van der Waals surface area contributed by atoms with Gasteiger partial charge in [-0.1, -0.05) is 29.8 Å². The van der Waals surface area contributed by atoms with E-state index in [0.29, 0.717) is 12.0 Å². The minimum Gasteiger partial charge on any atom is -0.347 e. The first kappa shape index (κ1) is 15.9. The summed E-state index contributed by atoms with van der Waals surface area (Å²) in [6.45, 7) is 6.72. The summed E-state index contributed by atoms with van der Waals surface area (Å²) in [6.07, 6.45) is 2.43. The predicted molar refractivity (Wildman–Crippen MR) is 99.5 cm³/mol. The van der Waals surface area contributed by atoms with Crippen LogP contribution in [0, 0.1) is 12.8 Å². The van der Waals surface area contributed by atoms with E-state index in [1.165, 1.54) is 31.5 Å². The van der Waals surface area contributed by atoms with Crippen molar-refractivity contribution in [3.8, 4) is 11.1 Å². The molecule has 4 heteroatoms. The minimum absolute atomic E-state index is 0.0899. The third-order valence-electron chi connectivity index (χ3n) is 5.68. The zero-order chi connectivity index (χ0) is 16.7. The molecule has 4 heterocycles. The lowest BCUT2D eigenvalue weighted by atomic mass is 9.79. The molecule has 1 amide bonds. The second-order valence-corrected chi connectivity index (χ2v) is 8.06. The third-order valence-corrected chi connectivity index (χ3v) is 6.59. The molecule has 2 bridgehead atoms. The maximum absolute atomic E-state index is 13.0. The predicted octanol–water partition coefficient (Wildman–Crippen LogP) is 3.94. The van der Waals surface area contributed by atoms with Crippen LogP contribution < -0.4 is 5.32 Å². The van der Waals surface area contributed by atoms with Crippen LogP contribution in [-0.2, 0) is 0 Å². The first-order valence-corrected chi connectivity index (χ1v) is 9.71. The Kier molecular flexibility index (Phi) is 4.19. The minimum atomic E-state index is 0.0899. The molecule has 3 nitrogen and oxygen atoms in total. The van der Waals surface area contributed by atoms with Crippen LogP contribution in [0.15, 0.2) is 35.7 Å². The number of hydrogen-bond acceptors (Lipinski definition) is 3. The molecule has 3 saturated heterocycles. The van der Waals surface area contributed by atoms with Gasteiger partial charge in [-0.3, -0.25) is 9.69 Å². The molecule has 1 N–H and O–H groups in total. The van der Waals surface area contributed by atoms with Gasteiger partial charge in [0.1, 0.15) is 0 Å². The summed E-state index contributed by atoms with van der Waals surface area (Å²) in [4.78, 5) is 16.3. The molecule has 0 saturated carbocycles. The lowest BCUT2D eigenvalue weighted by Gasteiger charge is -2.49. The van der Waals surface area contributed by atoms with E-state index in [0.717, 1.165) is 16.0 Å². The molecule has 1 aromatic heterocycles. The SMILES string of the molecule is Cc1cccc(-c2ccsc2C(=O)N[C@@H]2C3CCN(CC3)[C@H]2C)c1. The number of aryl methyl sites for hydroxylation is 1. The van der Waals surface area contributed by atoms with Gasteiger partial charge in [0.05, 0.1) is 4.88 Å². The topological polar surface area (TPSA) is 32.3 Å². The van der Waals surface area contributed by atoms with E-state index in [-0.39, 0.29) is 11.9 Å². The van der Waals surface area contributed by atoms with Crippen molar-refractivity contribution in [2.45, 2.75) is 38.8 Å². The Morgan fingerprint density at radius 1 is 1.25 bits per heavy atom. The number of rotatable bonds is 3. The fraction of sp³-hybridized carbons (Fsp3) is 0.450. The van der Waals surface area contributed by atoms with Crippen LogP contribution in [0.25, 0.3) is 11.1 Å². The molecule has 3 aliphatic heterocycles. The second kappa shape index (κ2) is 6.34. The molecular formula is C20H24N2OS. The molecule has 126 valence electrons. The van der Waals surface area contributed by atoms with Gasteiger partial charge in [-0.05, 0) is 62.7 Å². The van der Waals surface area contributed by atoms with Crippen LogP contribution in [0.1, 0.15) is 35.0 Å². The van der Waals surface area contributed by atoms with Crippen LogP contribution in [0.2, 0.25) is 0 Å². The van der Waals surface area contributed by atoms with Crippen LogP contribution in [0.4, 0.5) is 0 Å². The van der Waals surface area contributed by atoms with Crippen molar-refractivity contribution in [1.29, 1.82) is 0 Å². The molecule has 3 fully saturated rings.